The number of hydrogen-bond donors (Lipinski definition) is 1. The third-order valence-electron chi connectivity index (χ3n) is 3.31. The average molecular weight is 282 g/mol. The minimum absolute atomic E-state index is 0.0492. The Morgan fingerprint density at radius 3 is 3.15 bits per heavy atom. The fourth-order valence-electron chi connectivity index (χ4n) is 2.12. The van der Waals surface area contributed by atoms with Crippen molar-refractivity contribution < 1.29 is 18.7 Å². The molecule has 0 saturated carbocycles. The van der Waals surface area contributed by atoms with Gasteiger partial charge in [0, 0.05) is 18.8 Å². The Bertz CT molecular complexity index is 481. The highest BCUT2D eigenvalue weighted by Crippen LogP contribution is 2.15. The van der Waals surface area contributed by atoms with Crippen molar-refractivity contribution in [2.45, 2.75) is 13.0 Å². The van der Waals surface area contributed by atoms with E-state index < -0.39 is 11.8 Å². The molecule has 1 aromatic carbocycles. The van der Waals surface area contributed by atoms with Crippen molar-refractivity contribution in [3.63, 3.8) is 0 Å². The summed E-state index contributed by atoms with van der Waals surface area (Å²) in [5, 5.41) is 0. The Morgan fingerprint density at radius 1 is 1.60 bits per heavy atom. The Morgan fingerprint density at radius 2 is 2.40 bits per heavy atom. The fourth-order valence-corrected chi connectivity index (χ4v) is 2.12. The van der Waals surface area contributed by atoms with Gasteiger partial charge in [0.15, 0.2) is 0 Å². The van der Waals surface area contributed by atoms with Crippen LogP contribution in [0.5, 0.6) is 0 Å². The third-order valence-corrected chi connectivity index (χ3v) is 3.31. The van der Waals surface area contributed by atoms with Gasteiger partial charge in [0.25, 0.3) is 0 Å². The number of carbonyl (C=O) groups is 1. The van der Waals surface area contributed by atoms with Crippen LogP contribution in [-0.4, -0.2) is 49.8 Å². The van der Waals surface area contributed by atoms with Crippen molar-refractivity contribution in [2.75, 3.05) is 38.6 Å². The van der Waals surface area contributed by atoms with E-state index in [4.69, 9.17) is 15.2 Å². The van der Waals surface area contributed by atoms with Crippen LogP contribution in [0.1, 0.15) is 17.3 Å². The van der Waals surface area contributed by atoms with Gasteiger partial charge in [-0.3, -0.25) is 4.90 Å². The maximum atomic E-state index is 13.1. The van der Waals surface area contributed by atoms with E-state index in [2.05, 4.69) is 11.8 Å². The number of morpholine rings is 1. The molecule has 1 saturated heterocycles. The first kappa shape index (κ1) is 14.7. The van der Waals surface area contributed by atoms with Crippen molar-refractivity contribution in [2.24, 2.45) is 0 Å². The molecular formula is C14H19FN2O3. The molecule has 0 radical (unpaired) electrons. The molecule has 110 valence electrons. The molecule has 1 aliphatic rings. The van der Waals surface area contributed by atoms with Crippen LogP contribution >= 0.6 is 0 Å². The maximum absolute atomic E-state index is 13.1. The van der Waals surface area contributed by atoms with E-state index in [1.54, 1.807) is 0 Å². The normalized spacial score (nSPS) is 19.8. The predicted molar refractivity (Wildman–Crippen MR) is 72.9 cm³/mol. The van der Waals surface area contributed by atoms with Gasteiger partial charge in [-0.15, -0.1) is 0 Å². The first-order chi connectivity index (χ1) is 9.60. The summed E-state index contributed by atoms with van der Waals surface area (Å²) in [6.45, 7) is 5.39. The lowest BCUT2D eigenvalue weighted by Crippen LogP contribution is -2.44. The number of hydrogen-bond acceptors (Lipinski definition) is 5. The molecule has 0 aliphatic carbocycles. The minimum atomic E-state index is -0.626. The number of esters is 1. The van der Waals surface area contributed by atoms with Gasteiger partial charge >= 0.3 is 5.97 Å². The zero-order valence-corrected chi connectivity index (χ0v) is 11.5. The van der Waals surface area contributed by atoms with E-state index in [1.165, 1.54) is 12.1 Å². The SMILES string of the molecule is CCN1CCOC(COC(=O)c2cc(F)ccc2N)C1. The largest absolute Gasteiger partial charge is 0.459 e. The molecule has 0 bridgehead atoms. The van der Waals surface area contributed by atoms with E-state index in [9.17, 15) is 9.18 Å². The average Bonchev–Trinajstić information content (AvgIpc) is 2.47. The highest BCUT2D eigenvalue weighted by Gasteiger charge is 2.21. The number of halogens is 1. The number of ether oxygens (including phenoxy) is 2. The zero-order valence-electron chi connectivity index (χ0n) is 11.5. The molecule has 1 heterocycles. The van der Waals surface area contributed by atoms with Crippen LogP contribution in [0.25, 0.3) is 0 Å². The molecule has 0 aromatic heterocycles. The van der Waals surface area contributed by atoms with Crippen LogP contribution in [0.15, 0.2) is 18.2 Å². The Hall–Kier alpha value is -1.66. The Labute approximate surface area is 117 Å². The summed E-state index contributed by atoms with van der Waals surface area (Å²) in [6, 6.07) is 3.63. The van der Waals surface area contributed by atoms with E-state index >= 15 is 0 Å². The third kappa shape index (κ3) is 3.68. The van der Waals surface area contributed by atoms with E-state index in [-0.39, 0.29) is 24.0 Å². The second kappa shape index (κ2) is 6.67. The fraction of sp³-hybridized carbons (Fsp3) is 0.500. The topological polar surface area (TPSA) is 64.8 Å². The lowest BCUT2D eigenvalue weighted by atomic mass is 10.2. The summed E-state index contributed by atoms with van der Waals surface area (Å²) in [7, 11) is 0. The van der Waals surface area contributed by atoms with Crippen LogP contribution in [-0.2, 0) is 9.47 Å². The van der Waals surface area contributed by atoms with E-state index in [0.29, 0.717) is 6.61 Å². The highest BCUT2D eigenvalue weighted by atomic mass is 19.1. The molecule has 0 spiro atoms. The molecule has 2 rings (SSSR count). The van der Waals surface area contributed by atoms with Crippen LogP contribution in [0, 0.1) is 5.82 Å². The lowest BCUT2D eigenvalue weighted by molar-refractivity contribution is -0.0578. The standard InChI is InChI=1S/C14H19FN2O3/c1-2-17-5-6-19-11(8-17)9-20-14(18)12-7-10(15)3-4-13(12)16/h3-4,7,11H,2,5-6,8-9,16H2,1H3. The molecular weight excluding hydrogens is 263 g/mol. The number of anilines is 1. The molecule has 1 aliphatic heterocycles. The van der Waals surface area contributed by atoms with Crippen molar-refractivity contribution in [3.05, 3.63) is 29.6 Å². The number of nitrogens with two attached hydrogens (primary N) is 1. The number of nitrogen functional groups attached to an aromatic ring is 1. The number of likely N-dealkylation sites (N-methyl/N-ethyl adjacent to an activating group) is 1. The number of rotatable bonds is 4. The number of nitrogens with zero attached hydrogens (tertiary/aromatic N) is 1. The minimum Gasteiger partial charge on any atom is -0.459 e. The smallest absolute Gasteiger partial charge is 0.340 e. The number of benzene rings is 1. The molecule has 1 fully saturated rings. The van der Waals surface area contributed by atoms with Crippen LogP contribution in [0.3, 0.4) is 0 Å². The molecule has 1 atom stereocenters. The summed E-state index contributed by atoms with van der Waals surface area (Å²) in [4.78, 5) is 14.1. The summed E-state index contributed by atoms with van der Waals surface area (Å²) in [5.74, 6) is -1.14. The summed E-state index contributed by atoms with van der Waals surface area (Å²) < 4.78 is 23.8. The van der Waals surface area contributed by atoms with Gasteiger partial charge in [-0.2, -0.15) is 0 Å². The summed E-state index contributed by atoms with van der Waals surface area (Å²) >= 11 is 0. The van der Waals surface area contributed by atoms with Crippen LogP contribution < -0.4 is 5.73 Å². The van der Waals surface area contributed by atoms with Gasteiger partial charge in [-0.25, -0.2) is 9.18 Å². The first-order valence-electron chi connectivity index (χ1n) is 6.66. The zero-order chi connectivity index (χ0) is 14.5. The quantitative estimate of drug-likeness (QED) is 0.666. The van der Waals surface area contributed by atoms with Gasteiger partial charge in [0.2, 0.25) is 0 Å². The second-order valence-corrected chi connectivity index (χ2v) is 4.72. The first-order valence-corrected chi connectivity index (χ1v) is 6.66. The Balaban J connectivity index is 1.90. The Kier molecular flexibility index (Phi) is 4.92. The van der Waals surface area contributed by atoms with Crippen molar-refractivity contribution in [3.8, 4) is 0 Å². The molecule has 2 N–H and O–H groups in total. The predicted octanol–water partition coefficient (Wildman–Crippen LogP) is 1.29. The summed E-state index contributed by atoms with van der Waals surface area (Å²) in [6.07, 6.45) is -0.151. The van der Waals surface area contributed by atoms with Crippen LogP contribution in [0.2, 0.25) is 0 Å². The monoisotopic (exact) mass is 282 g/mol. The molecule has 5 nitrogen and oxygen atoms in total. The van der Waals surface area contributed by atoms with Gasteiger partial charge in [0.1, 0.15) is 18.5 Å². The van der Waals surface area contributed by atoms with Crippen molar-refractivity contribution in [1.29, 1.82) is 0 Å². The molecule has 20 heavy (non-hydrogen) atoms. The van der Waals surface area contributed by atoms with Crippen LogP contribution in [0.4, 0.5) is 10.1 Å². The summed E-state index contributed by atoms with van der Waals surface area (Å²) in [5.41, 5.74) is 5.89. The molecule has 0 amide bonds. The van der Waals surface area contributed by atoms with Gasteiger partial charge in [-0.05, 0) is 24.7 Å². The van der Waals surface area contributed by atoms with E-state index in [1.807, 2.05) is 0 Å². The van der Waals surface area contributed by atoms with Gasteiger partial charge < -0.3 is 15.2 Å². The molecule has 6 heteroatoms. The van der Waals surface area contributed by atoms with Crippen molar-refractivity contribution in [1.82, 2.24) is 4.90 Å². The second-order valence-electron chi connectivity index (χ2n) is 4.72. The molecule has 1 aromatic rings. The number of carbonyl (C=O) groups excluding carboxylic acids is 1. The maximum Gasteiger partial charge on any atom is 0.340 e. The van der Waals surface area contributed by atoms with Crippen molar-refractivity contribution >= 4 is 11.7 Å². The van der Waals surface area contributed by atoms with E-state index in [0.717, 1.165) is 25.7 Å². The molecule has 1 unspecified atom stereocenters. The van der Waals surface area contributed by atoms with Gasteiger partial charge in [-0.1, -0.05) is 6.92 Å². The highest BCUT2D eigenvalue weighted by molar-refractivity contribution is 5.95. The lowest BCUT2D eigenvalue weighted by Gasteiger charge is -2.31. The van der Waals surface area contributed by atoms with Gasteiger partial charge in [0.05, 0.1) is 12.2 Å².